The molecule has 0 saturated carbocycles. The molecule has 0 spiro atoms. The van der Waals surface area contributed by atoms with Gasteiger partial charge in [-0.2, -0.15) is 0 Å². The Kier molecular flexibility index (Phi) is 5.58. The van der Waals surface area contributed by atoms with Crippen molar-refractivity contribution in [2.24, 2.45) is 0 Å². The molecule has 0 N–H and O–H groups in total. The first-order valence-corrected chi connectivity index (χ1v) is 16.6. The van der Waals surface area contributed by atoms with E-state index in [1.807, 2.05) is 11.8 Å². The Morgan fingerprint density at radius 3 is 1.93 bits per heavy atom. The fraction of sp³-hybridized carbons (Fsp3) is 0. The van der Waals surface area contributed by atoms with Crippen LogP contribution >= 0.6 is 11.8 Å². The Bertz CT molecular complexity index is 2640. The second-order valence-electron chi connectivity index (χ2n) is 12.1. The molecule has 8 aromatic carbocycles. The largest absolute Gasteiger partial charge is 0.309 e. The molecule has 214 valence electrons. The molecule has 2 heterocycles. The monoisotopic (exact) mass is 601 g/mol. The van der Waals surface area contributed by atoms with E-state index < -0.39 is 0 Å². The average molecular weight is 602 g/mol. The fourth-order valence-electron chi connectivity index (χ4n) is 7.49. The summed E-state index contributed by atoms with van der Waals surface area (Å²) in [4.78, 5) is 2.66. The Morgan fingerprint density at radius 2 is 1.09 bits per heavy atom. The van der Waals surface area contributed by atoms with Crippen molar-refractivity contribution in [3.8, 4) is 39.1 Å². The standard InChI is InChI=1S/C44H27NS/c1-2-12-32(13-3-1)45-40-18-7-6-15-34(40)39-27-37(33-14-4-5-16-36(33)44(39)45)29-22-20-28(21-23-29)31-24-25-41-38(26-31)35-17-8-10-30-11-9-19-42(46-41)43(30)35/h1-27H. The predicted molar refractivity (Wildman–Crippen MR) is 196 cm³/mol. The number of para-hydroxylation sites is 2. The van der Waals surface area contributed by atoms with Gasteiger partial charge in [0.05, 0.1) is 11.0 Å². The first-order chi connectivity index (χ1) is 22.8. The summed E-state index contributed by atoms with van der Waals surface area (Å²) in [7, 11) is 0. The van der Waals surface area contributed by atoms with E-state index in [4.69, 9.17) is 0 Å². The number of fused-ring (bicyclic) bond motifs is 7. The Balaban J connectivity index is 1.13. The van der Waals surface area contributed by atoms with E-state index in [0.29, 0.717) is 0 Å². The van der Waals surface area contributed by atoms with Gasteiger partial charge in [0.1, 0.15) is 0 Å². The van der Waals surface area contributed by atoms with Crippen molar-refractivity contribution in [1.82, 2.24) is 4.57 Å². The molecule has 0 bridgehead atoms. The molecule has 1 aromatic heterocycles. The maximum Gasteiger partial charge on any atom is 0.0619 e. The highest BCUT2D eigenvalue weighted by atomic mass is 32.2. The molecular weight excluding hydrogens is 575 g/mol. The molecule has 1 nitrogen and oxygen atoms in total. The van der Waals surface area contributed by atoms with Crippen molar-refractivity contribution >= 4 is 55.1 Å². The lowest BCUT2D eigenvalue weighted by atomic mass is 9.92. The van der Waals surface area contributed by atoms with E-state index >= 15 is 0 Å². The average Bonchev–Trinajstić information content (AvgIpc) is 3.46. The number of rotatable bonds is 3. The smallest absolute Gasteiger partial charge is 0.0619 e. The summed E-state index contributed by atoms with van der Waals surface area (Å²) in [5.41, 5.74) is 11.3. The number of hydrogen-bond acceptors (Lipinski definition) is 1. The van der Waals surface area contributed by atoms with E-state index in [2.05, 4.69) is 168 Å². The molecule has 0 aliphatic carbocycles. The molecule has 0 unspecified atom stereocenters. The van der Waals surface area contributed by atoms with Gasteiger partial charge < -0.3 is 4.57 Å². The van der Waals surface area contributed by atoms with Crippen LogP contribution in [-0.4, -0.2) is 4.57 Å². The zero-order chi connectivity index (χ0) is 30.2. The van der Waals surface area contributed by atoms with Crippen LogP contribution in [0.5, 0.6) is 0 Å². The number of hydrogen-bond donors (Lipinski definition) is 0. The van der Waals surface area contributed by atoms with E-state index in [1.165, 1.54) is 92.2 Å². The van der Waals surface area contributed by atoms with Crippen LogP contribution in [0.25, 0.3) is 82.4 Å². The molecular formula is C44H27NS. The third kappa shape index (κ3) is 3.77. The van der Waals surface area contributed by atoms with Gasteiger partial charge in [-0.15, -0.1) is 0 Å². The maximum absolute atomic E-state index is 2.42. The van der Waals surface area contributed by atoms with E-state index in [0.717, 1.165) is 0 Å². The zero-order valence-electron chi connectivity index (χ0n) is 24.9. The van der Waals surface area contributed by atoms with Crippen LogP contribution < -0.4 is 0 Å². The van der Waals surface area contributed by atoms with E-state index in [1.54, 1.807) is 0 Å². The third-order valence-electron chi connectivity index (χ3n) is 9.57. The van der Waals surface area contributed by atoms with Gasteiger partial charge in [-0.05, 0) is 86.6 Å². The van der Waals surface area contributed by atoms with Gasteiger partial charge in [0.25, 0.3) is 0 Å². The zero-order valence-corrected chi connectivity index (χ0v) is 25.8. The van der Waals surface area contributed by atoms with Gasteiger partial charge in [-0.1, -0.05) is 133 Å². The van der Waals surface area contributed by atoms with Crippen LogP contribution in [0.2, 0.25) is 0 Å². The summed E-state index contributed by atoms with van der Waals surface area (Å²) in [6, 6.07) is 60.2. The minimum absolute atomic E-state index is 1.18. The molecule has 0 amide bonds. The second-order valence-corrected chi connectivity index (χ2v) is 13.2. The maximum atomic E-state index is 2.42. The van der Waals surface area contributed by atoms with E-state index in [9.17, 15) is 0 Å². The topological polar surface area (TPSA) is 4.93 Å². The first-order valence-electron chi connectivity index (χ1n) is 15.8. The van der Waals surface area contributed by atoms with Gasteiger partial charge in [-0.3, -0.25) is 0 Å². The number of nitrogens with zero attached hydrogens (tertiary/aromatic N) is 1. The SMILES string of the molecule is c1ccc(-n2c3ccccc3c3cc(-c4ccc(-c5ccc6c(c5)-c5cccc7cccc(c57)S6)cc4)c4ccccc4c32)cc1. The highest BCUT2D eigenvalue weighted by Gasteiger charge is 2.20. The quantitative estimate of drug-likeness (QED) is 0.195. The number of aromatic nitrogens is 1. The minimum atomic E-state index is 1.18. The molecule has 9 aromatic rings. The van der Waals surface area contributed by atoms with Crippen molar-refractivity contribution in [3.63, 3.8) is 0 Å². The molecule has 1 aliphatic heterocycles. The number of benzene rings is 8. The molecule has 0 radical (unpaired) electrons. The van der Waals surface area contributed by atoms with Gasteiger partial charge >= 0.3 is 0 Å². The Hall–Kier alpha value is -5.57. The normalized spacial score (nSPS) is 12.3. The van der Waals surface area contributed by atoms with Crippen molar-refractivity contribution in [2.45, 2.75) is 9.79 Å². The molecule has 10 rings (SSSR count). The molecule has 1 aliphatic rings. The summed E-state index contributed by atoms with van der Waals surface area (Å²) in [5.74, 6) is 0. The Labute approximate surface area is 271 Å². The van der Waals surface area contributed by atoms with Crippen molar-refractivity contribution in [1.29, 1.82) is 0 Å². The molecule has 46 heavy (non-hydrogen) atoms. The summed E-state index contributed by atoms with van der Waals surface area (Å²) < 4.78 is 2.42. The van der Waals surface area contributed by atoms with Crippen molar-refractivity contribution in [2.75, 3.05) is 0 Å². The van der Waals surface area contributed by atoms with Crippen LogP contribution in [0.1, 0.15) is 0 Å². The fourth-order valence-corrected chi connectivity index (χ4v) is 8.62. The lowest BCUT2D eigenvalue weighted by molar-refractivity contribution is 1.19. The second kappa shape index (κ2) is 9.97. The lowest BCUT2D eigenvalue weighted by Crippen LogP contribution is -1.94. The Morgan fingerprint density at radius 1 is 0.391 bits per heavy atom. The van der Waals surface area contributed by atoms with Crippen LogP contribution in [0.15, 0.2) is 174 Å². The van der Waals surface area contributed by atoms with Crippen LogP contribution in [0, 0.1) is 0 Å². The summed E-state index contributed by atoms with van der Waals surface area (Å²) in [6.45, 7) is 0. The van der Waals surface area contributed by atoms with Gasteiger partial charge in [0.15, 0.2) is 0 Å². The highest BCUT2D eigenvalue weighted by Crippen LogP contribution is 2.49. The van der Waals surface area contributed by atoms with Crippen LogP contribution in [0.4, 0.5) is 0 Å². The predicted octanol–water partition coefficient (Wildman–Crippen LogP) is 12.6. The summed E-state index contributed by atoms with van der Waals surface area (Å²) in [5, 5.41) is 7.75. The van der Waals surface area contributed by atoms with E-state index in [-0.39, 0.29) is 0 Å². The summed E-state index contributed by atoms with van der Waals surface area (Å²) >= 11 is 1.88. The molecule has 0 saturated heterocycles. The highest BCUT2D eigenvalue weighted by molar-refractivity contribution is 7.99. The minimum Gasteiger partial charge on any atom is -0.309 e. The van der Waals surface area contributed by atoms with Crippen molar-refractivity contribution < 1.29 is 0 Å². The van der Waals surface area contributed by atoms with Crippen LogP contribution in [-0.2, 0) is 0 Å². The molecule has 2 heteroatoms. The van der Waals surface area contributed by atoms with Gasteiger partial charge in [0.2, 0.25) is 0 Å². The lowest BCUT2D eigenvalue weighted by Gasteiger charge is -2.21. The molecule has 0 fully saturated rings. The van der Waals surface area contributed by atoms with Crippen molar-refractivity contribution in [3.05, 3.63) is 164 Å². The van der Waals surface area contributed by atoms with Gasteiger partial charge in [0, 0.05) is 37.0 Å². The first kappa shape index (κ1) is 25.7. The summed E-state index contributed by atoms with van der Waals surface area (Å²) in [6.07, 6.45) is 0. The third-order valence-corrected chi connectivity index (χ3v) is 10.7. The van der Waals surface area contributed by atoms with Gasteiger partial charge in [-0.25, -0.2) is 0 Å². The van der Waals surface area contributed by atoms with Crippen LogP contribution in [0.3, 0.4) is 0 Å². The molecule has 0 atom stereocenters.